The molecule has 3 aliphatic rings. The number of carbonyl (C=O) groups excluding carboxylic acids is 1. The van der Waals surface area contributed by atoms with Crippen molar-refractivity contribution in [2.24, 2.45) is 4.99 Å². The lowest BCUT2D eigenvalue weighted by Crippen LogP contribution is -2.58. The van der Waals surface area contributed by atoms with Gasteiger partial charge in [0.1, 0.15) is 5.82 Å². The molecule has 4 heterocycles. The van der Waals surface area contributed by atoms with E-state index in [2.05, 4.69) is 56.8 Å². The lowest BCUT2D eigenvalue weighted by molar-refractivity contribution is -0.130. The summed E-state index contributed by atoms with van der Waals surface area (Å²) in [6, 6.07) is 8.79. The van der Waals surface area contributed by atoms with Crippen LogP contribution in [0.15, 0.2) is 53.9 Å². The highest BCUT2D eigenvalue weighted by Gasteiger charge is 2.41. The number of morpholine rings is 1. The smallest absolute Gasteiger partial charge is 0.254 e. The number of ether oxygens (including phenoxy) is 1. The van der Waals surface area contributed by atoms with Crippen molar-refractivity contribution < 1.29 is 9.53 Å². The molecular formula is C30H42N6O2. The van der Waals surface area contributed by atoms with Crippen LogP contribution in [0, 0.1) is 0 Å². The molecule has 204 valence electrons. The SMILES string of the molecule is CCC(CC)N1CCC2(CC1)CN(C(=O)c1ccc(CN(CC3=NC=CC3)Cc3ncc[nH]3)cc1)CCO2. The highest BCUT2D eigenvalue weighted by Crippen LogP contribution is 2.32. The van der Waals surface area contributed by atoms with Crippen LogP contribution < -0.4 is 0 Å². The second-order valence-electron chi connectivity index (χ2n) is 10.9. The van der Waals surface area contributed by atoms with Gasteiger partial charge in [-0.15, -0.1) is 0 Å². The Balaban J connectivity index is 1.19. The van der Waals surface area contributed by atoms with Crippen LogP contribution in [0.4, 0.5) is 0 Å². The first kappa shape index (κ1) is 26.8. The average molecular weight is 519 g/mol. The van der Waals surface area contributed by atoms with E-state index in [1.807, 2.05) is 29.4 Å². The van der Waals surface area contributed by atoms with E-state index in [9.17, 15) is 4.79 Å². The van der Waals surface area contributed by atoms with Gasteiger partial charge >= 0.3 is 0 Å². The van der Waals surface area contributed by atoms with Gasteiger partial charge in [0.25, 0.3) is 5.91 Å². The van der Waals surface area contributed by atoms with E-state index in [-0.39, 0.29) is 11.5 Å². The molecule has 1 aromatic heterocycles. The number of aromatic nitrogens is 2. The number of aliphatic imine (C=N–C) groups is 1. The summed E-state index contributed by atoms with van der Waals surface area (Å²) < 4.78 is 6.33. The fourth-order valence-corrected chi connectivity index (χ4v) is 6.14. The number of rotatable bonds is 10. The highest BCUT2D eigenvalue weighted by molar-refractivity contribution is 5.94. The second-order valence-corrected chi connectivity index (χ2v) is 10.9. The fraction of sp³-hybridized carbons (Fsp3) is 0.567. The van der Waals surface area contributed by atoms with Gasteiger partial charge in [0.05, 0.1) is 25.3 Å². The molecule has 1 N–H and O–H groups in total. The van der Waals surface area contributed by atoms with Gasteiger partial charge in [-0.3, -0.25) is 14.7 Å². The zero-order chi connectivity index (χ0) is 26.4. The van der Waals surface area contributed by atoms with E-state index < -0.39 is 0 Å². The summed E-state index contributed by atoms with van der Waals surface area (Å²) in [5, 5.41) is 0. The van der Waals surface area contributed by atoms with Crippen LogP contribution in [-0.2, 0) is 17.8 Å². The van der Waals surface area contributed by atoms with Gasteiger partial charge in [-0.25, -0.2) is 4.98 Å². The Bertz CT molecular complexity index is 1100. The number of amides is 1. The van der Waals surface area contributed by atoms with Crippen LogP contribution in [-0.4, -0.2) is 87.3 Å². The van der Waals surface area contributed by atoms with Gasteiger partial charge in [-0.2, -0.15) is 0 Å². The third kappa shape index (κ3) is 6.42. The van der Waals surface area contributed by atoms with E-state index in [1.54, 1.807) is 6.20 Å². The molecule has 38 heavy (non-hydrogen) atoms. The predicted molar refractivity (Wildman–Crippen MR) is 150 cm³/mol. The molecule has 5 rings (SSSR count). The topological polar surface area (TPSA) is 77.1 Å². The van der Waals surface area contributed by atoms with Gasteiger partial charge in [0.15, 0.2) is 0 Å². The Kier molecular flexibility index (Phi) is 8.72. The lowest BCUT2D eigenvalue weighted by atomic mass is 9.88. The molecule has 0 saturated carbocycles. The first-order valence-electron chi connectivity index (χ1n) is 14.2. The molecule has 0 bridgehead atoms. The molecule has 0 radical (unpaired) electrons. The maximum absolute atomic E-state index is 13.5. The number of likely N-dealkylation sites (tertiary alicyclic amines) is 1. The number of imidazole rings is 1. The average Bonchev–Trinajstić information content (AvgIpc) is 3.65. The first-order valence-corrected chi connectivity index (χ1v) is 14.2. The summed E-state index contributed by atoms with van der Waals surface area (Å²) in [4.78, 5) is 32.5. The number of allylic oxidation sites excluding steroid dienone is 1. The van der Waals surface area contributed by atoms with Crippen LogP contribution in [0.3, 0.4) is 0 Å². The largest absolute Gasteiger partial charge is 0.371 e. The minimum Gasteiger partial charge on any atom is -0.371 e. The van der Waals surface area contributed by atoms with Crippen LogP contribution in [0.5, 0.6) is 0 Å². The number of carbonyl (C=O) groups is 1. The zero-order valence-corrected chi connectivity index (χ0v) is 22.9. The quantitative estimate of drug-likeness (QED) is 0.509. The van der Waals surface area contributed by atoms with Crippen molar-refractivity contribution in [2.75, 3.05) is 39.3 Å². The molecule has 1 aromatic carbocycles. The van der Waals surface area contributed by atoms with E-state index in [1.165, 1.54) is 18.4 Å². The third-order valence-corrected chi connectivity index (χ3v) is 8.36. The first-order chi connectivity index (χ1) is 18.6. The summed E-state index contributed by atoms with van der Waals surface area (Å²) in [6.07, 6.45) is 12.9. The number of nitrogens with zero attached hydrogens (tertiary/aromatic N) is 5. The molecule has 1 spiro atoms. The number of hydrogen-bond acceptors (Lipinski definition) is 6. The van der Waals surface area contributed by atoms with Crippen molar-refractivity contribution in [2.45, 2.75) is 70.7 Å². The second kappa shape index (κ2) is 12.4. The fourth-order valence-electron chi connectivity index (χ4n) is 6.14. The number of H-pyrrole nitrogens is 1. The summed E-state index contributed by atoms with van der Waals surface area (Å²) >= 11 is 0. The van der Waals surface area contributed by atoms with Gasteiger partial charge in [-0.1, -0.05) is 32.1 Å². The van der Waals surface area contributed by atoms with E-state index >= 15 is 0 Å². The molecule has 0 atom stereocenters. The standard InChI is InChI=1S/C30H42N6O2/c1-3-27(4-2)35-16-11-30(12-17-35)23-36(18-19-38-30)29(37)25-9-7-24(8-10-25)20-34(21-26-6-5-13-31-26)22-28-32-14-15-33-28/h5,7-10,13-15,27H,3-4,6,11-12,16-23H2,1-2H3,(H,32,33). The van der Waals surface area contributed by atoms with Crippen molar-refractivity contribution in [3.8, 4) is 0 Å². The Morgan fingerprint density at radius 2 is 1.89 bits per heavy atom. The Morgan fingerprint density at radius 3 is 2.55 bits per heavy atom. The van der Waals surface area contributed by atoms with Gasteiger partial charge in [-0.05, 0) is 43.4 Å². The number of hydrogen-bond donors (Lipinski definition) is 1. The number of nitrogens with one attached hydrogen (secondary N) is 1. The van der Waals surface area contributed by atoms with Crippen molar-refractivity contribution >= 4 is 11.6 Å². The van der Waals surface area contributed by atoms with E-state index in [0.29, 0.717) is 25.7 Å². The van der Waals surface area contributed by atoms with Crippen LogP contribution in [0.2, 0.25) is 0 Å². The highest BCUT2D eigenvalue weighted by atomic mass is 16.5. The molecule has 8 nitrogen and oxygen atoms in total. The molecule has 3 aliphatic heterocycles. The van der Waals surface area contributed by atoms with Gasteiger partial charge < -0.3 is 19.5 Å². The summed E-state index contributed by atoms with van der Waals surface area (Å²) in [6.45, 7) is 10.9. The van der Waals surface area contributed by atoms with Crippen LogP contribution in [0.1, 0.15) is 67.7 Å². The minimum atomic E-state index is -0.194. The minimum absolute atomic E-state index is 0.112. The Morgan fingerprint density at radius 1 is 1.11 bits per heavy atom. The number of benzene rings is 1. The van der Waals surface area contributed by atoms with Crippen molar-refractivity contribution in [1.82, 2.24) is 24.7 Å². The van der Waals surface area contributed by atoms with Crippen LogP contribution >= 0.6 is 0 Å². The summed E-state index contributed by atoms with van der Waals surface area (Å²) in [5.41, 5.74) is 2.89. The predicted octanol–water partition coefficient (Wildman–Crippen LogP) is 4.27. The van der Waals surface area contributed by atoms with Crippen molar-refractivity contribution in [3.05, 3.63) is 65.9 Å². The normalized spacial score (nSPS) is 19.6. The molecule has 2 fully saturated rings. The molecule has 8 heteroatoms. The van der Waals surface area contributed by atoms with Crippen molar-refractivity contribution in [1.29, 1.82) is 0 Å². The third-order valence-electron chi connectivity index (χ3n) is 8.36. The number of piperidine rings is 1. The Hall–Kier alpha value is -2.81. The summed E-state index contributed by atoms with van der Waals surface area (Å²) in [7, 11) is 0. The lowest BCUT2D eigenvalue weighted by Gasteiger charge is -2.48. The van der Waals surface area contributed by atoms with E-state index in [0.717, 1.165) is 69.1 Å². The molecule has 2 saturated heterocycles. The molecule has 0 unspecified atom stereocenters. The van der Waals surface area contributed by atoms with E-state index in [4.69, 9.17) is 4.74 Å². The van der Waals surface area contributed by atoms with Gasteiger partial charge in [0.2, 0.25) is 0 Å². The molecule has 2 aromatic rings. The zero-order valence-electron chi connectivity index (χ0n) is 22.9. The van der Waals surface area contributed by atoms with Crippen LogP contribution in [0.25, 0.3) is 0 Å². The van der Waals surface area contributed by atoms with Crippen molar-refractivity contribution in [3.63, 3.8) is 0 Å². The maximum Gasteiger partial charge on any atom is 0.254 e. The number of aromatic amines is 1. The van der Waals surface area contributed by atoms with Gasteiger partial charge in [0, 0.05) is 75.1 Å². The Labute approximate surface area is 226 Å². The molecular weight excluding hydrogens is 476 g/mol. The maximum atomic E-state index is 13.5. The molecule has 0 aliphatic carbocycles. The summed E-state index contributed by atoms with van der Waals surface area (Å²) in [5.74, 6) is 1.05. The molecule has 1 amide bonds. The monoisotopic (exact) mass is 518 g/mol.